The van der Waals surface area contributed by atoms with Gasteiger partial charge in [0.15, 0.2) is 0 Å². The summed E-state index contributed by atoms with van der Waals surface area (Å²) in [6, 6.07) is 17.4. The molecule has 4 aromatic rings. The monoisotopic (exact) mass is 364 g/mol. The maximum atomic E-state index is 12.4. The number of amides is 1. The van der Waals surface area contributed by atoms with Crippen LogP contribution in [0.1, 0.15) is 15.4 Å². The SMILES string of the molecule is COc1cccc(-n2cc(CNC(=O)c3cc4ccccc4s3)nn2)c1. The molecule has 0 saturated heterocycles. The highest BCUT2D eigenvalue weighted by atomic mass is 32.1. The van der Waals surface area contributed by atoms with E-state index in [0.717, 1.165) is 21.5 Å². The van der Waals surface area contributed by atoms with Crippen LogP contribution in [-0.2, 0) is 6.54 Å². The maximum absolute atomic E-state index is 12.4. The van der Waals surface area contributed by atoms with E-state index >= 15 is 0 Å². The van der Waals surface area contributed by atoms with Gasteiger partial charge in [-0.15, -0.1) is 16.4 Å². The predicted octanol–water partition coefficient (Wildman–Crippen LogP) is 3.42. The smallest absolute Gasteiger partial charge is 0.261 e. The van der Waals surface area contributed by atoms with E-state index in [-0.39, 0.29) is 5.91 Å². The van der Waals surface area contributed by atoms with Gasteiger partial charge in [-0.1, -0.05) is 29.5 Å². The zero-order chi connectivity index (χ0) is 17.9. The van der Waals surface area contributed by atoms with Gasteiger partial charge in [0, 0.05) is 10.8 Å². The first kappa shape index (κ1) is 16.3. The minimum Gasteiger partial charge on any atom is -0.497 e. The summed E-state index contributed by atoms with van der Waals surface area (Å²) in [6.07, 6.45) is 1.79. The highest BCUT2D eigenvalue weighted by molar-refractivity contribution is 7.20. The molecule has 0 unspecified atom stereocenters. The lowest BCUT2D eigenvalue weighted by atomic mass is 10.2. The Balaban J connectivity index is 1.44. The summed E-state index contributed by atoms with van der Waals surface area (Å²) >= 11 is 1.48. The van der Waals surface area contributed by atoms with E-state index in [1.54, 1.807) is 18.0 Å². The molecule has 0 aliphatic heterocycles. The minimum atomic E-state index is -0.109. The number of carbonyl (C=O) groups is 1. The van der Waals surface area contributed by atoms with Gasteiger partial charge in [0.2, 0.25) is 0 Å². The Labute approximate surface area is 154 Å². The van der Waals surface area contributed by atoms with Crippen molar-refractivity contribution in [2.75, 3.05) is 7.11 Å². The number of fused-ring (bicyclic) bond motifs is 1. The summed E-state index contributed by atoms with van der Waals surface area (Å²) in [4.78, 5) is 13.1. The van der Waals surface area contributed by atoms with E-state index in [2.05, 4.69) is 15.6 Å². The molecule has 1 N–H and O–H groups in total. The van der Waals surface area contributed by atoms with E-state index in [4.69, 9.17) is 4.74 Å². The average Bonchev–Trinajstić information content (AvgIpc) is 3.33. The number of carbonyl (C=O) groups excluding carboxylic acids is 1. The minimum absolute atomic E-state index is 0.109. The molecule has 130 valence electrons. The van der Waals surface area contributed by atoms with Crippen LogP contribution in [-0.4, -0.2) is 28.0 Å². The van der Waals surface area contributed by atoms with Crippen LogP contribution in [0.25, 0.3) is 15.8 Å². The van der Waals surface area contributed by atoms with Crippen LogP contribution < -0.4 is 10.1 Å². The Morgan fingerprint density at radius 1 is 1.19 bits per heavy atom. The molecule has 0 bridgehead atoms. The molecule has 0 aliphatic rings. The number of nitrogens with zero attached hydrogens (tertiary/aromatic N) is 3. The van der Waals surface area contributed by atoms with Gasteiger partial charge in [-0.3, -0.25) is 4.79 Å². The van der Waals surface area contributed by atoms with E-state index in [9.17, 15) is 4.79 Å². The molecule has 0 aliphatic carbocycles. The van der Waals surface area contributed by atoms with Crippen molar-refractivity contribution in [1.29, 1.82) is 0 Å². The Kier molecular flexibility index (Phi) is 4.37. The highest BCUT2D eigenvalue weighted by Crippen LogP contribution is 2.25. The van der Waals surface area contributed by atoms with Crippen LogP contribution in [0.2, 0.25) is 0 Å². The van der Waals surface area contributed by atoms with E-state index < -0.39 is 0 Å². The molecule has 4 rings (SSSR count). The van der Waals surface area contributed by atoms with E-state index in [1.807, 2.05) is 54.6 Å². The highest BCUT2D eigenvalue weighted by Gasteiger charge is 2.11. The number of rotatable bonds is 5. The molecule has 6 nitrogen and oxygen atoms in total. The molecule has 2 aromatic carbocycles. The van der Waals surface area contributed by atoms with Gasteiger partial charge in [-0.25, -0.2) is 4.68 Å². The second-order valence-corrected chi connectivity index (χ2v) is 6.77. The number of thiophene rings is 1. The number of aromatic nitrogens is 3. The van der Waals surface area contributed by atoms with Crippen LogP contribution in [0, 0.1) is 0 Å². The molecular weight excluding hydrogens is 348 g/mol. The molecule has 0 spiro atoms. The second kappa shape index (κ2) is 6.97. The van der Waals surface area contributed by atoms with Crippen LogP contribution in [0.3, 0.4) is 0 Å². The Hall–Kier alpha value is -3.19. The lowest BCUT2D eigenvalue weighted by Crippen LogP contribution is -2.21. The number of methoxy groups -OCH3 is 1. The van der Waals surface area contributed by atoms with Crippen LogP contribution >= 0.6 is 11.3 Å². The van der Waals surface area contributed by atoms with Gasteiger partial charge in [0.25, 0.3) is 5.91 Å². The fourth-order valence-electron chi connectivity index (χ4n) is 2.61. The standard InChI is InChI=1S/C19H16N4O2S/c1-25-16-7-4-6-15(10-16)23-12-14(21-22-23)11-20-19(24)18-9-13-5-2-3-8-17(13)26-18/h2-10,12H,11H2,1H3,(H,20,24). The molecule has 0 atom stereocenters. The first-order valence-corrected chi connectivity index (χ1v) is 8.87. The summed E-state index contributed by atoms with van der Waals surface area (Å²) in [5, 5.41) is 12.2. The average molecular weight is 364 g/mol. The lowest BCUT2D eigenvalue weighted by molar-refractivity contribution is 0.0954. The summed E-state index contributed by atoms with van der Waals surface area (Å²) in [7, 11) is 1.62. The normalized spacial score (nSPS) is 10.8. The molecule has 2 heterocycles. The number of ether oxygens (including phenoxy) is 1. The third-order valence-corrected chi connectivity index (χ3v) is 5.05. The summed E-state index contributed by atoms with van der Waals surface area (Å²) < 4.78 is 7.97. The quantitative estimate of drug-likeness (QED) is 0.589. The topological polar surface area (TPSA) is 69.0 Å². The fraction of sp³-hybridized carbons (Fsp3) is 0.105. The summed E-state index contributed by atoms with van der Waals surface area (Å²) in [5.74, 6) is 0.639. The van der Waals surface area contributed by atoms with Crippen molar-refractivity contribution in [1.82, 2.24) is 20.3 Å². The Morgan fingerprint density at radius 3 is 2.92 bits per heavy atom. The first-order valence-electron chi connectivity index (χ1n) is 8.05. The van der Waals surface area contributed by atoms with Crippen molar-refractivity contribution in [3.8, 4) is 11.4 Å². The Bertz CT molecular complexity index is 1040. The summed E-state index contributed by atoms with van der Waals surface area (Å²) in [5.41, 5.74) is 1.53. The lowest BCUT2D eigenvalue weighted by Gasteiger charge is -2.03. The van der Waals surface area contributed by atoms with Gasteiger partial charge in [-0.05, 0) is 29.7 Å². The molecule has 1 amide bonds. The van der Waals surface area contributed by atoms with Gasteiger partial charge < -0.3 is 10.1 Å². The van der Waals surface area contributed by atoms with Crippen molar-refractivity contribution in [3.63, 3.8) is 0 Å². The van der Waals surface area contributed by atoms with Crippen molar-refractivity contribution in [2.45, 2.75) is 6.54 Å². The third-order valence-electron chi connectivity index (χ3n) is 3.94. The number of nitrogens with one attached hydrogen (secondary N) is 1. The van der Waals surface area contributed by atoms with Gasteiger partial charge in [0.1, 0.15) is 11.4 Å². The first-order chi connectivity index (χ1) is 12.7. The van der Waals surface area contributed by atoms with Gasteiger partial charge in [0.05, 0.1) is 30.4 Å². The predicted molar refractivity (Wildman–Crippen MR) is 101 cm³/mol. The van der Waals surface area contributed by atoms with Crippen LogP contribution in [0.5, 0.6) is 5.75 Å². The van der Waals surface area contributed by atoms with Crippen molar-refractivity contribution in [2.24, 2.45) is 0 Å². The van der Waals surface area contributed by atoms with E-state index in [0.29, 0.717) is 17.1 Å². The molecule has 26 heavy (non-hydrogen) atoms. The molecule has 7 heteroatoms. The zero-order valence-corrected chi connectivity index (χ0v) is 14.9. The molecule has 0 radical (unpaired) electrons. The molecule has 0 fully saturated rings. The fourth-order valence-corrected chi connectivity index (χ4v) is 3.59. The molecule has 0 saturated carbocycles. The van der Waals surface area contributed by atoms with Gasteiger partial charge in [-0.2, -0.15) is 0 Å². The van der Waals surface area contributed by atoms with Crippen molar-refractivity contribution >= 4 is 27.3 Å². The molecular formula is C19H16N4O2S. The van der Waals surface area contributed by atoms with Crippen LogP contribution in [0.4, 0.5) is 0 Å². The van der Waals surface area contributed by atoms with Gasteiger partial charge >= 0.3 is 0 Å². The van der Waals surface area contributed by atoms with Crippen LogP contribution in [0.15, 0.2) is 60.8 Å². The maximum Gasteiger partial charge on any atom is 0.261 e. The number of benzene rings is 2. The Morgan fingerprint density at radius 2 is 2.08 bits per heavy atom. The number of hydrogen-bond acceptors (Lipinski definition) is 5. The summed E-state index contributed by atoms with van der Waals surface area (Å²) in [6.45, 7) is 0.317. The second-order valence-electron chi connectivity index (χ2n) is 5.69. The molecule has 2 aromatic heterocycles. The van der Waals surface area contributed by atoms with E-state index in [1.165, 1.54) is 11.3 Å². The third kappa shape index (κ3) is 3.29. The largest absolute Gasteiger partial charge is 0.497 e. The van der Waals surface area contributed by atoms with Crippen molar-refractivity contribution in [3.05, 3.63) is 71.4 Å². The number of hydrogen-bond donors (Lipinski definition) is 1. The zero-order valence-electron chi connectivity index (χ0n) is 14.0. The van der Waals surface area contributed by atoms with Crippen molar-refractivity contribution < 1.29 is 9.53 Å².